The summed E-state index contributed by atoms with van der Waals surface area (Å²) in [7, 11) is 0. The lowest BCUT2D eigenvalue weighted by molar-refractivity contribution is 0.306. The molecule has 0 aliphatic carbocycles. The first-order valence-corrected chi connectivity index (χ1v) is 6.60. The standard InChI is InChI=1S/C17H16N2O/c1-13-18-11-17(19-13)15-8-5-9-16(10-15)20-12-14-6-3-2-4-7-14/h2-11H,12H2,1H3,(H,18,19). The molecule has 0 aliphatic rings. The van der Waals surface area contributed by atoms with Gasteiger partial charge in [-0.05, 0) is 24.6 Å². The molecule has 0 saturated heterocycles. The van der Waals surface area contributed by atoms with E-state index in [-0.39, 0.29) is 0 Å². The van der Waals surface area contributed by atoms with Gasteiger partial charge in [0.05, 0.1) is 11.9 Å². The SMILES string of the molecule is Cc1ncc(-c2cccc(OCc3ccccc3)c2)[nH]1. The lowest BCUT2D eigenvalue weighted by Gasteiger charge is -2.07. The zero-order valence-corrected chi connectivity index (χ0v) is 11.3. The molecule has 20 heavy (non-hydrogen) atoms. The number of aromatic amines is 1. The van der Waals surface area contributed by atoms with Gasteiger partial charge in [-0.1, -0.05) is 42.5 Å². The van der Waals surface area contributed by atoms with Crippen molar-refractivity contribution >= 4 is 0 Å². The van der Waals surface area contributed by atoms with Gasteiger partial charge in [-0.2, -0.15) is 0 Å². The predicted molar refractivity (Wildman–Crippen MR) is 79.5 cm³/mol. The lowest BCUT2D eigenvalue weighted by Crippen LogP contribution is -1.95. The summed E-state index contributed by atoms with van der Waals surface area (Å²) in [6, 6.07) is 18.2. The molecule has 3 aromatic rings. The number of benzene rings is 2. The van der Waals surface area contributed by atoms with E-state index in [0.717, 1.165) is 28.4 Å². The first kappa shape index (κ1) is 12.5. The van der Waals surface area contributed by atoms with Crippen molar-refractivity contribution in [1.29, 1.82) is 0 Å². The maximum atomic E-state index is 5.83. The number of hydrogen-bond donors (Lipinski definition) is 1. The minimum absolute atomic E-state index is 0.576. The van der Waals surface area contributed by atoms with Crippen molar-refractivity contribution in [2.45, 2.75) is 13.5 Å². The lowest BCUT2D eigenvalue weighted by atomic mass is 10.1. The van der Waals surface area contributed by atoms with E-state index < -0.39 is 0 Å². The summed E-state index contributed by atoms with van der Waals surface area (Å²) in [6.45, 7) is 2.52. The molecule has 3 heteroatoms. The second kappa shape index (κ2) is 5.61. The molecule has 0 spiro atoms. The minimum atomic E-state index is 0.576. The third kappa shape index (κ3) is 2.88. The average molecular weight is 264 g/mol. The number of imidazole rings is 1. The number of nitrogens with one attached hydrogen (secondary N) is 1. The van der Waals surface area contributed by atoms with Crippen molar-refractivity contribution in [2.24, 2.45) is 0 Å². The second-order valence-electron chi connectivity index (χ2n) is 4.68. The van der Waals surface area contributed by atoms with Gasteiger partial charge in [-0.3, -0.25) is 0 Å². The Labute approximate surface area is 118 Å². The Hall–Kier alpha value is -2.55. The van der Waals surface area contributed by atoms with Crippen molar-refractivity contribution in [3.05, 3.63) is 72.2 Å². The van der Waals surface area contributed by atoms with E-state index in [1.54, 1.807) is 0 Å². The van der Waals surface area contributed by atoms with Crippen LogP contribution in [0.15, 0.2) is 60.8 Å². The van der Waals surface area contributed by atoms with Crippen LogP contribution in [0.5, 0.6) is 5.75 Å². The van der Waals surface area contributed by atoms with Gasteiger partial charge in [-0.15, -0.1) is 0 Å². The Morgan fingerprint density at radius 1 is 1.05 bits per heavy atom. The number of ether oxygens (including phenoxy) is 1. The molecular formula is C17H16N2O. The smallest absolute Gasteiger partial charge is 0.120 e. The maximum Gasteiger partial charge on any atom is 0.120 e. The van der Waals surface area contributed by atoms with E-state index in [1.807, 2.05) is 55.6 Å². The Morgan fingerprint density at radius 2 is 1.90 bits per heavy atom. The minimum Gasteiger partial charge on any atom is -0.489 e. The molecule has 0 saturated carbocycles. The van der Waals surface area contributed by atoms with Gasteiger partial charge in [0.2, 0.25) is 0 Å². The number of aromatic nitrogens is 2. The maximum absolute atomic E-state index is 5.83. The first-order valence-electron chi connectivity index (χ1n) is 6.60. The summed E-state index contributed by atoms with van der Waals surface area (Å²) in [5.41, 5.74) is 3.25. The van der Waals surface area contributed by atoms with Crippen LogP contribution in [0.1, 0.15) is 11.4 Å². The van der Waals surface area contributed by atoms with Crippen LogP contribution in [0, 0.1) is 6.92 Å². The molecule has 1 heterocycles. The van der Waals surface area contributed by atoms with E-state index in [1.165, 1.54) is 0 Å². The molecule has 0 fully saturated rings. The number of hydrogen-bond acceptors (Lipinski definition) is 2. The fourth-order valence-electron chi connectivity index (χ4n) is 2.06. The van der Waals surface area contributed by atoms with Crippen molar-refractivity contribution in [3.8, 4) is 17.0 Å². The van der Waals surface area contributed by atoms with E-state index in [2.05, 4.69) is 22.1 Å². The van der Waals surface area contributed by atoms with Crippen LogP contribution >= 0.6 is 0 Å². The number of rotatable bonds is 4. The molecular weight excluding hydrogens is 248 g/mol. The molecule has 0 aliphatic heterocycles. The van der Waals surface area contributed by atoms with Gasteiger partial charge < -0.3 is 9.72 Å². The largest absolute Gasteiger partial charge is 0.489 e. The fraction of sp³-hybridized carbons (Fsp3) is 0.118. The zero-order valence-electron chi connectivity index (χ0n) is 11.3. The van der Waals surface area contributed by atoms with E-state index >= 15 is 0 Å². The highest BCUT2D eigenvalue weighted by Gasteiger charge is 2.03. The fourth-order valence-corrected chi connectivity index (χ4v) is 2.06. The van der Waals surface area contributed by atoms with Gasteiger partial charge >= 0.3 is 0 Å². The topological polar surface area (TPSA) is 37.9 Å². The van der Waals surface area contributed by atoms with Gasteiger partial charge in [0.1, 0.15) is 18.2 Å². The summed E-state index contributed by atoms with van der Waals surface area (Å²) in [5.74, 6) is 1.77. The normalized spacial score (nSPS) is 10.4. The van der Waals surface area contributed by atoms with E-state index in [9.17, 15) is 0 Å². The van der Waals surface area contributed by atoms with Crippen LogP contribution in [0.2, 0.25) is 0 Å². The monoisotopic (exact) mass is 264 g/mol. The molecule has 0 bridgehead atoms. The molecule has 3 rings (SSSR count). The highest BCUT2D eigenvalue weighted by atomic mass is 16.5. The predicted octanol–water partition coefficient (Wildman–Crippen LogP) is 3.96. The average Bonchev–Trinajstić information content (AvgIpc) is 2.93. The summed E-state index contributed by atoms with van der Waals surface area (Å²) in [6.07, 6.45) is 1.84. The Bertz CT molecular complexity index is 689. The molecule has 100 valence electrons. The van der Waals surface area contributed by atoms with E-state index in [0.29, 0.717) is 6.61 Å². The van der Waals surface area contributed by atoms with Gasteiger partial charge in [-0.25, -0.2) is 4.98 Å². The summed E-state index contributed by atoms with van der Waals surface area (Å²) >= 11 is 0. The van der Waals surface area contributed by atoms with Crippen LogP contribution < -0.4 is 4.74 Å². The molecule has 1 N–H and O–H groups in total. The molecule has 1 aromatic heterocycles. The van der Waals surface area contributed by atoms with Crippen LogP contribution in [0.4, 0.5) is 0 Å². The van der Waals surface area contributed by atoms with Crippen LogP contribution in [0.25, 0.3) is 11.3 Å². The first-order chi connectivity index (χ1) is 9.81. The van der Waals surface area contributed by atoms with Crippen LogP contribution in [-0.4, -0.2) is 9.97 Å². The second-order valence-corrected chi connectivity index (χ2v) is 4.68. The number of H-pyrrole nitrogens is 1. The number of nitrogens with zero attached hydrogens (tertiary/aromatic N) is 1. The Kier molecular flexibility index (Phi) is 3.50. The highest BCUT2D eigenvalue weighted by molar-refractivity contribution is 5.60. The third-order valence-corrected chi connectivity index (χ3v) is 3.10. The van der Waals surface area contributed by atoms with Crippen molar-refractivity contribution in [2.75, 3.05) is 0 Å². The summed E-state index contributed by atoms with van der Waals surface area (Å²) in [4.78, 5) is 7.45. The molecule has 0 radical (unpaired) electrons. The van der Waals surface area contributed by atoms with Crippen LogP contribution in [-0.2, 0) is 6.61 Å². The Balaban J connectivity index is 1.75. The van der Waals surface area contributed by atoms with E-state index in [4.69, 9.17) is 4.74 Å². The van der Waals surface area contributed by atoms with Crippen molar-refractivity contribution in [3.63, 3.8) is 0 Å². The van der Waals surface area contributed by atoms with Crippen molar-refractivity contribution in [1.82, 2.24) is 9.97 Å². The molecule has 2 aromatic carbocycles. The molecule has 0 amide bonds. The van der Waals surface area contributed by atoms with Crippen LogP contribution in [0.3, 0.4) is 0 Å². The summed E-state index contributed by atoms with van der Waals surface area (Å²) in [5, 5.41) is 0. The molecule has 0 atom stereocenters. The van der Waals surface area contributed by atoms with Gasteiger partial charge in [0, 0.05) is 5.56 Å². The summed E-state index contributed by atoms with van der Waals surface area (Å²) < 4.78 is 5.83. The quantitative estimate of drug-likeness (QED) is 0.774. The van der Waals surface area contributed by atoms with Gasteiger partial charge in [0.25, 0.3) is 0 Å². The molecule has 0 unspecified atom stereocenters. The highest BCUT2D eigenvalue weighted by Crippen LogP contribution is 2.23. The molecule has 3 nitrogen and oxygen atoms in total. The zero-order chi connectivity index (χ0) is 13.8. The third-order valence-electron chi connectivity index (χ3n) is 3.10. The Morgan fingerprint density at radius 3 is 2.65 bits per heavy atom. The van der Waals surface area contributed by atoms with Crippen molar-refractivity contribution < 1.29 is 4.74 Å². The number of aryl methyl sites for hydroxylation is 1. The van der Waals surface area contributed by atoms with Gasteiger partial charge in [0.15, 0.2) is 0 Å².